The second-order valence-corrected chi connectivity index (χ2v) is 5.52. The molecule has 102 valence electrons. The summed E-state index contributed by atoms with van der Waals surface area (Å²) in [6, 6.07) is 7.03. The maximum absolute atomic E-state index is 12.1. The van der Waals surface area contributed by atoms with Gasteiger partial charge in [0.05, 0.1) is 0 Å². The van der Waals surface area contributed by atoms with E-state index in [-0.39, 0.29) is 11.7 Å². The van der Waals surface area contributed by atoms with Crippen molar-refractivity contribution in [1.29, 1.82) is 0 Å². The summed E-state index contributed by atoms with van der Waals surface area (Å²) in [5.74, 6) is 0.680. The lowest BCUT2D eigenvalue weighted by atomic mass is 9.90. The number of nitrogens with zero attached hydrogens (tertiary/aromatic N) is 1. The Kier molecular flexibility index (Phi) is 4.59. The van der Waals surface area contributed by atoms with Crippen LogP contribution in [0.2, 0.25) is 5.02 Å². The molecule has 0 spiro atoms. The van der Waals surface area contributed by atoms with Crippen molar-refractivity contribution in [3.63, 3.8) is 0 Å². The van der Waals surface area contributed by atoms with E-state index in [1.807, 2.05) is 4.90 Å². The number of hydrogen-bond donors (Lipinski definition) is 0. The summed E-state index contributed by atoms with van der Waals surface area (Å²) in [5, 5.41) is 0.645. The van der Waals surface area contributed by atoms with Crippen LogP contribution in [0.3, 0.4) is 0 Å². The molecule has 0 aliphatic carbocycles. The molecule has 2 rings (SSSR count). The fourth-order valence-corrected chi connectivity index (χ4v) is 2.59. The Morgan fingerprint density at radius 3 is 2.32 bits per heavy atom. The third kappa shape index (κ3) is 3.80. The van der Waals surface area contributed by atoms with E-state index in [0.717, 1.165) is 31.5 Å². The van der Waals surface area contributed by atoms with E-state index < -0.39 is 0 Å². The molecule has 0 atom stereocenters. The Hall–Kier alpha value is -1.35. The summed E-state index contributed by atoms with van der Waals surface area (Å²) < 4.78 is 0. The van der Waals surface area contributed by atoms with Gasteiger partial charge in [-0.1, -0.05) is 11.6 Å². The molecule has 3 nitrogen and oxygen atoms in total. The number of hydrogen-bond acceptors (Lipinski definition) is 2. The predicted octanol–water partition coefficient (Wildman–Crippen LogP) is 3.17. The Balaban J connectivity index is 1.87. The minimum absolute atomic E-state index is 0.127. The average molecular weight is 280 g/mol. The van der Waals surface area contributed by atoms with Crippen LogP contribution in [0.4, 0.5) is 0 Å². The van der Waals surface area contributed by atoms with E-state index in [0.29, 0.717) is 17.4 Å². The van der Waals surface area contributed by atoms with Gasteiger partial charge >= 0.3 is 0 Å². The van der Waals surface area contributed by atoms with Crippen LogP contribution in [0.1, 0.15) is 36.5 Å². The van der Waals surface area contributed by atoms with Crippen LogP contribution < -0.4 is 0 Å². The fraction of sp³-hybridized carbons (Fsp3) is 0.467. The molecule has 0 bridgehead atoms. The van der Waals surface area contributed by atoms with E-state index in [2.05, 4.69) is 0 Å². The molecule has 0 radical (unpaired) electrons. The first-order valence-corrected chi connectivity index (χ1v) is 6.98. The molecule has 0 aromatic heterocycles. The lowest BCUT2D eigenvalue weighted by molar-refractivity contribution is -0.130. The molecule has 1 amide bonds. The molecule has 1 fully saturated rings. The zero-order valence-corrected chi connectivity index (χ0v) is 11.8. The van der Waals surface area contributed by atoms with E-state index in [1.165, 1.54) is 0 Å². The van der Waals surface area contributed by atoms with Gasteiger partial charge < -0.3 is 4.90 Å². The first-order valence-electron chi connectivity index (χ1n) is 6.60. The molecule has 0 saturated carbocycles. The number of rotatable bonds is 3. The molecule has 1 aromatic rings. The van der Waals surface area contributed by atoms with Gasteiger partial charge in [0.25, 0.3) is 0 Å². The number of likely N-dealkylation sites (tertiary alicyclic amines) is 1. The van der Waals surface area contributed by atoms with Crippen LogP contribution >= 0.6 is 11.6 Å². The molecule has 1 aromatic carbocycles. The standard InChI is InChI=1S/C15H18ClNO2/c1-11(18)17-8-6-12(7-9-17)10-15(19)13-2-4-14(16)5-3-13/h2-5,12H,6-10H2,1H3. The summed E-state index contributed by atoms with van der Waals surface area (Å²) >= 11 is 5.81. The van der Waals surface area contributed by atoms with E-state index in [1.54, 1.807) is 31.2 Å². The van der Waals surface area contributed by atoms with Crippen LogP contribution in [-0.4, -0.2) is 29.7 Å². The van der Waals surface area contributed by atoms with Gasteiger partial charge in [-0.25, -0.2) is 0 Å². The maximum atomic E-state index is 12.1. The van der Waals surface area contributed by atoms with Crippen molar-refractivity contribution in [2.45, 2.75) is 26.2 Å². The number of halogens is 1. The minimum Gasteiger partial charge on any atom is -0.343 e. The van der Waals surface area contributed by atoms with Crippen molar-refractivity contribution >= 4 is 23.3 Å². The van der Waals surface area contributed by atoms with Gasteiger partial charge in [-0.15, -0.1) is 0 Å². The smallest absolute Gasteiger partial charge is 0.219 e. The first kappa shape index (κ1) is 14.1. The third-order valence-electron chi connectivity index (χ3n) is 3.70. The molecule has 1 saturated heterocycles. The quantitative estimate of drug-likeness (QED) is 0.797. The second kappa shape index (κ2) is 6.20. The second-order valence-electron chi connectivity index (χ2n) is 5.08. The molecule has 1 aliphatic rings. The molecular weight excluding hydrogens is 262 g/mol. The normalized spacial score (nSPS) is 16.4. The van der Waals surface area contributed by atoms with Crippen LogP contribution in [-0.2, 0) is 4.79 Å². The van der Waals surface area contributed by atoms with Crippen molar-refractivity contribution in [2.75, 3.05) is 13.1 Å². The van der Waals surface area contributed by atoms with Gasteiger partial charge in [0.1, 0.15) is 0 Å². The topological polar surface area (TPSA) is 37.4 Å². The van der Waals surface area contributed by atoms with Crippen LogP contribution in [0.15, 0.2) is 24.3 Å². The van der Waals surface area contributed by atoms with Crippen molar-refractivity contribution in [2.24, 2.45) is 5.92 Å². The number of carbonyl (C=O) groups is 2. The molecular formula is C15H18ClNO2. The monoisotopic (exact) mass is 279 g/mol. The molecule has 0 unspecified atom stereocenters. The number of Topliss-reactive ketones (excluding diaryl/α,β-unsaturated/α-hetero) is 1. The van der Waals surface area contributed by atoms with Crippen molar-refractivity contribution in [3.05, 3.63) is 34.9 Å². The zero-order valence-electron chi connectivity index (χ0n) is 11.1. The summed E-state index contributed by atoms with van der Waals surface area (Å²) in [6.45, 7) is 3.14. The van der Waals surface area contributed by atoms with Gasteiger partial charge in [0.2, 0.25) is 5.91 Å². The maximum Gasteiger partial charge on any atom is 0.219 e. The van der Waals surface area contributed by atoms with Gasteiger partial charge in [-0.05, 0) is 43.0 Å². The Morgan fingerprint density at radius 1 is 1.21 bits per heavy atom. The summed E-state index contributed by atoms with van der Waals surface area (Å²) in [5.41, 5.74) is 0.721. The highest BCUT2D eigenvalue weighted by atomic mass is 35.5. The third-order valence-corrected chi connectivity index (χ3v) is 3.95. The Morgan fingerprint density at radius 2 is 1.79 bits per heavy atom. The van der Waals surface area contributed by atoms with Crippen LogP contribution in [0, 0.1) is 5.92 Å². The Labute approximate surface area is 118 Å². The lowest BCUT2D eigenvalue weighted by Crippen LogP contribution is -2.37. The number of piperidine rings is 1. The highest BCUT2D eigenvalue weighted by Crippen LogP contribution is 2.23. The van der Waals surface area contributed by atoms with Crippen LogP contribution in [0.5, 0.6) is 0 Å². The number of carbonyl (C=O) groups excluding carboxylic acids is 2. The van der Waals surface area contributed by atoms with E-state index in [9.17, 15) is 9.59 Å². The average Bonchev–Trinajstić information content (AvgIpc) is 2.40. The van der Waals surface area contributed by atoms with Gasteiger partial charge in [0, 0.05) is 37.0 Å². The van der Waals surface area contributed by atoms with Crippen molar-refractivity contribution in [3.8, 4) is 0 Å². The summed E-state index contributed by atoms with van der Waals surface area (Å²) in [6.07, 6.45) is 2.39. The lowest BCUT2D eigenvalue weighted by Gasteiger charge is -2.30. The van der Waals surface area contributed by atoms with Gasteiger partial charge in [-0.3, -0.25) is 9.59 Å². The summed E-state index contributed by atoms with van der Waals surface area (Å²) in [7, 11) is 0. The van der Waals surface area contributed by atoms with Crippen molar-refractivity contribution in [1.82, 2.24) is 4.90 Å². The number of benzene rings is 1. The first-order chi connectivity index (χ1) is 9.06. The van der Waals surface area contributed by atoms with Crippen LogP contribution in [0.25, 0.3) is 0 Å². The fourth-order valence-electron chi connectivity index (χ4n) is 2.47. The highest BCUT2D eigenvalue weighted by molar-refractivity contribution is 6.30. The molecule has 1 aliphatic heterocycles. The Bertz CT molecular complexity index is 462. The molecule has 0 N–H and O–H groups in total. The zero-order chi connectivity index (χ0) is 13.8. The van der Waals surface area contributed by atoms with Gasteiger partial charge in [0.15, 0.2) is 5.78 Å². The SMILES string of the molecule is CC(=O)N1CCC(CC(=O)c2ccc(Cl)cc2)CC1. The molecule has 19 heavy (non-hydrogen) atoms. The summed E-state index contributed by atoms with van der Waals surface area (Å²) in [4.78, 5) is 25.2. The highest BCUT2D eigenvalue weighted by Gasteiger charge is 2.23. The largest absolute Gasteiger partial charge is 0.343 e. The van der Waals surface area contributed by atoms with Crippen molar-refractivity contribution < 1.29 is 9.59 Å². The van der Waals surface area contributed by atoms with Gasteiger partial charge in [-0.2, -0.15) is 0 Å². The minimum atomic E-state index is 0.127. The number of amides is 1. The molecule has 1 heterocycles. The predicted molar refractivity (Wildman–Crippen MR) is 75.4 cm³/mol. The number of ketones is 1. The van der Waals surface area contributed by atoms with E-state index in [4.69, 9.17) is 11.6 Å². The van der Waals surface area contributed by atoms with E-state index >= 15 is 0 Å². The molecule has 4 heteroatoms.